The highest BCUT2D eigenvalue weighted by atomic mass is 16.1. The van der Waals surface area contributed by atoms with Gasteiger partial charge in [-0.05, 0) is 24.2 Å². The minimum Gasteiger partial charge on any atom is -0.292 e. The summed E-state index contributed by atoms with van der Waals surface area (Å²) in [5, 5.41) is 7.79. The molecule has 102 valence electrons. The molecule has 0 aliphatic rings. The molecule has 0 bridgehead atoms. The smallest absolute Gasteiger partial charge is 0.182 e. The van der Waals surface area contributed by atoms with Crippen LogP contribution >= 0.6 is 0 Å². The van der Waals surface area contributed by atoms with Crippen LogP contribution in [0.3, 0.4) is 0 Å². The van der Waals surface area contributed by atoms with Crippen molar-refractivity contribution in [2.45, 2.75) is 60.4 Å². The quantitative estimate of drug-likeness (QED) is 0.729. The second-order valence-electron chi connectivity index (χ2n) is 6.34. The fourth-order valence-corrected chi connectivity index (χ4v) is 2.39. The molecule has 1 aromatic rings. The predicted molar refractivity (Wildman–Crippen MR) is 72.5 cm³/mol. The van der Waals surface area contributed by atoms with E-state index in [2.05, 4.69) is 44.9 Å². The van der Waals surface area contributed by atoms with Gasteiger partial charge in [-0.1, -0.05) is 39.8 Å². The van der Waals surface area contributed by atoms with Crippen molar-refractivity contribution in [1.29, 1.82) is 0 Å². The van der Waals surface area contributed by atoms with Crippen LogP contribution in [0.1, 0.15) is 64.4 Å². The van der Waals surface area contributed by atoms with Crippen molar-refractivity contribution in [2.24, 2.45) is 11.3 Å². The minimum absolute atomic E-state index is 0.158. The molecule has 1 rings (SSSR count). The van der Waals surface area contributed by atoms with Crippen LogP contribution in [-0.4, -0.2) is 20.8 Å². The number of aromatic nitrogens is 3. The number of Topliss-reactive ketones (excluding diaryl/α,β-unsaturated/α-hetero) is 1. The molecule has 0 aliphatic heterocycles. The van der Waals surface area contributed by atoms with Crippen LogP contribution < -0.4 is 0 Å². The largest absolute Gasteiger partial charge is 0.292 e. The third kappa shape index (κ3) is 4.59. The van der Waals surface area contributed by atoms with Gasteiger partial charge < -0.3 is 0 Å². The molecule has 0 spiro atoms. The van der Waals surface area contributed by atoms with E-state index in [0.29, 0.717) is 18.0 Å². The third-order valence-electron chi connectivity index (χ3n) is 2.83. The number of hydrogen-bond acceptors (Lipinski definition) is 3. The Bertz CT molecular complexity index is 390. The van der Waals surface area contributed by atoms with Gasteiger partial charge in [0.15, 0.2) is 5.78 Å². The van der Waals surface area contributed by atoms with Crippen LogP contribution in [0.25, 0.3) is 0 Å². The van der Waals surface area contributed by atoms with Crippen LogP contribution in [0.15, 0.2) is 6.20 Å². The predicted octanol–water partition coefficient (Wildman–Crippen LogP) is 3.33. The van der Waals surface area contributed by atoms with Gasteiger partial charge in [0.1, 0.15) is 5.69 Å². The van der Waals surface area contributed by atoms with Crippen LogP contribution in [0.2, 0.25) is 0 Å². The number of aryl methyl sites for hydroxylation is 1. The van der Waals surface area contributed by atoms with Gasteiger partial charge in [-0.3, -0.25) is 4.79 Å². The van der Waals surface area contributed by atoms with Crippen molar-refractivity contribution in [3.05, 3.63) is 11.9 Å². The molecule has 0 radical (unpaired) electrons. The van der Waals surface area contributed by atoms with Crippen molar-refractivity contribution in [3.8, 4) is 0 Å². The Kier molecular flexibility index (Phi) is 5.05. The van der Waals surface area contributed by atoms with Gasteiger partial charge >= 0.3 is 0 Å². The molecule has 0 aliphatic carbocycles. The van der Waals surface area contributed by atoms with Crippen molar-refractivity contribution in [2.75, 3.05) is 0 Å². The van der Waals surface area contributed by atoms with Gasteiger partial charge in [0, 0.05) is 13.0 Å². The van der Waals surface area contributed by atoms with E-state index >= 15 is 0 Å². The summed E-state index contributed by atoms with van der Waals surface area (Å²) in [6.07, 6.45) is 4.17. The van der Waals surface area contributed by atoms with E-state index in [4.69, 9.17) is 0 Å². The highest BCUT2D eigenvalue weighted by molar-refractivity contribution is 5.94. The summed E-state index contributed by atoms with van der Waals surface area (Å²) in [5.74, 6) is 0.549. The fourth-order valence-electron chi connectivity index (χ4n) is 2.39. The molecular formula is C14H25N3O. The molecule has 0 saturated carbocycles. The van der Waals surface area contributed by atoms with Crippen molar-refractivity contribution in [1.82, 2.24) is 15.0 Å². The molecule has 1 heterocycles. The average molecular weight is 251 g/mol. The first kappa shape index (κ1) is 14.9. The Morgan fingerprint density at radius 3 is 2.67 bits per heavy atom. The lowest BCUT2D eigenvalue weighted by Crippen LogP contribution is -2.17. The molecule has 18 heavy (non-hydrogen) atoms. The molecule has 1 aromatic heterocycles. The van der Waals surface area contributed by atoms with E-state index in [1.165, 1.54) is 0 Å². The SMILES string of the molecule is CCCn1nncc1C(=O)CC(C)CC(C)(C)C. The summed E-state index contributed by atoms with van der Waals surface area (Å²) in [6.45, 7) is 11.6. The zero-order chi connectivity index (χ0) is 13.8. The summed E-state index contributed by atoms with van der Waals surface area (Å²) in [7, 11) is 0. The summed E-state index contributed by atoms with van der Waals surface area (Å²) in [6, 6.07) is 0. The maximum absolute atomic E-state index is 12.2. The summed E-state index contributed by atoms with van der Waals surface area (Å²) in [4.78, 5) is 12.2. The Morgan fingerprint density at radius 1 is 1.44 bits per heavy atom. The molecule has 0 fully saturated rings. The van der Waals surface area contributed by atoms with Gasteiger partial charge in [0.2, 0.25) is 0 Å². The first-order chi connectivity index (χ1) is 8.33. The highest BCUT2D eigenvalue weighted by Crippen LogP contribution is 2.26. The molecular weight excluding hydrogens is 226 g/mol. The Balaban J connectivity index is 2.62. The minimum atomic E-state index is 0.158. The topological polar surface area (TPSA) is 47.8 Å². The monoisotopic (exact) mass is 251 g/mol. The van der Waals surface area contributed by atoms with Gasteiger partial charge in [-0.25, -0.2) is 4.68 Å². The van der Waals surface area contributed by atoms with Crippen LogP contribution in [0.4, 0.5) is 0 Å². The van der Waals surface area contributed by atoms with E-state index in [-0.39, 0.29) is 11.2 Å². The van der Waals surface area contributed by atoms with Crippen LogP contribution in [-0.2, 0) is 6.54 Å². The first-order valence-electron chi connectivity index (χ1n) is 6.75. The van der Waals surface area contributed by atoms with E-state index in [1.54, 1.807) is 10.9 Å². The molecule has 4 nitrogen and oxygen atoms in total. The molecule has 0 amide bonds. The average Bonchev–Trinajstić information content (AvgIpc) is 2.63. The van der Waals surface area contributed by atoms with E-state index in [1.807, 2.05) is 0 Å². The Morgan fingerprint density at radius 2 is 2.11 bits per heavy atom. The van der Waals surface area contributed by atoms with Gasteiger partial charge in [0.05, 0.1) is 6.20 Å². The number of nitrogens with zero attached hydrogens (tertiary/aromatic N) is 3. The van der Waals surface area contributed by atoms with Crippen molar-refractivity contribution in [3.63, 3.8) is 0 Å². The highest BCUT2D eigenvalue weighted by Gasteiger charge is 2.20. The Labute approximate surface area is 110 Å². The van der Waals surface area contributed by atoms with Crippen LogP contribution in [0.5, 0.6) is 0 Å². The lowest BCUT2D eigenvalue weighted by molar-refractivity contribution is 0.0943. The number of hydrogen-bond donors (Lipinski definition) is 0. The molecule has 0 saturated heterocycles. The van der Waals surface area contributed by atoms with Crippen molar-refractivity contribution < 1.29 is 4.79 Å². The summed E-state index contributed by atoms with van der Waals surface area (Å²) in [5.41, 5.74) is 0.916. The standard InChI is InChI=1S/C14H25N3O/c1-6-7-17-12(10-15-16-17)13(18)8-11(2)9-14(3,4)5/h10-11H,6-9H2,1-5H3. The van der Waals surface area contributed by atoms with E-state index < -0.39 is 0 Å². The number of rotatable bonds is 6. The number of carbonyl (C=O) groups is 1. The second-order valence-corrected chi connectivity index (χ2v) is 6.34. The Hall–Kier alpha value is -1.19. The lowest BCUT2D eigenvalue weighted by Gasteiger charge is -2.22. The zero-order valence-electron chi connectivity index (χ0n) is 12.2. The van der Waals surface area contributed by atoms with Gasteiger partial charge in [-0.2, -0.15) is 0 Å². The maximum atomic E-state index is 12.2. The second kappa shape index (κ2) is 6.12. The molecule has 0 aromatic carbocycles. The molecule has 1 atom stereocenters. The van der Waals surface area contributed by atoms with E-state index in [9.17, 15) is 4.79 Å². The van der Waals surface area contributed by atoms with Crippen molar-refractivity contribution >= 4 is 5.78 Å². The molecule has 1 unspecified atom stereocenters. The third-order valence-corrected chi connectivity index (χ3v) is 2.83. The number of carbonyl (C=O) groups excluding carboxylic acids is 1. The zero-order valence-corrected chi connectivity index (χ0v) is 12.2. The summed E-state index contributed by atoms with van der Waals surface area (Å²) >= 11 is 0. The normalized spacial score (nSPS) is 13.6. The molecule has 4 heteroatoms. The lowest BCUT2D eigenvalue weighted by atomic mass is 9.83. The fraction of sp³-hybridized carbons (Fsp3) is 0.786. The summed E-state index contributed by atoms with van der Waals surface area (Å²) < 4.78 is 1.71. The van der Waals surface area contributed by atoms with Crippen LogP contribution in [0, 0.1) is 11.3 Å². The number of ketones is 1. The maximum Gasteiger partial charge on any atom is 0.182 e. The van der Waals surface area contributed by atoms with Gasteiger partial charge in [0.25, 0.3) is 0 Å². The first-order valence-corrected chi connectivity index (χ1v) is 6.75. The molecule has 0 N–H and O–H groups in total. The van der Waals surface area contributed by atoms with Gasteiger partial charge in [-0.15, -0.1) is 5.10 Å². The van der Waals surface area contributed by atoms with E-state index in [0.717, 1.165) is 19.4 Å².